The predicted molar refractivity (Wildman–Crippen MR) is 100 cm³/mol. The van der Waals surface area contributed by atoms with Gasteiger partial charge in [-0.3, -0.25) is 4.90 Å². The van der Waals surface area contributed by atoms with Crippen LogP contribution in [0.15, 0.2) is 52.9 Å². The van der Waals surface area contributed by atoms with E-state index in [2.05, 4.69) is 15.1 Å². The Bertz CT molecular complexity index is 854. The molecule has 2 aromatic carbocycles. The summed E-state index contributed by atoms with van der Waals surface area (Å²) < 4.78 is 5.80. The third-order valence-electron chi connectivity index (χ3n) is 4.87. The first kappa shape index (κ1) is 17.1. The number of phenolic OH excluding ortho intramolecular Hbond substituents is 1. The van der Waals surface area contributed by atoms with Gasteiger partial charge in [0.15, 0.2) is 0 Å². The number of piperidine rings is 1. The van der Waals surface area contributed by atoms with Crippen molar-refractivity contribution >= 4 is 11.6 Å². The first-order valence-electron chi connectivity index (χ1n) is 8.77. The van der Waals surface area contributed by atoms with Gasteiger partial charge in [-0.05, 0) is 73.8 Å². The summed E-state index contributed by atoms with van der Waals surface area (Å²) in [6, 6.07) is 14.9. The van der Waals surface area contributed by atoms with Gasteiger partial charge in [-0.2, -0.15) is 0 Å². The summed E-state index contributed by atoms with van der Waals surface area (Å²) in [5.41, 5.74) is 2.17. The molecule has 0 unspecified atom stereocenters. The highest BCUT2D eigenvalue weighted by Gasteiger charge is 2.22. The monoisotopic (exact) mass is 369 g/mol. The molecule has 0 atom stereocenters. The third-order valence-corrected chi connectivity index (χ3v) is 5.12. The fourth-order valence-corrected chi connectivity index (χ4v) is 3.51. The number of phenols is 1. The number of aromatic hydroxyl groups is 1. The molecule has 1 aliphatic heterocycles. The second-order valence-electron chi connectivity index (χ2n) is 6.65. The minimum Gasteiger partial charge on any atom is -0.508 e. The normalized spacial score (nSPS) is 16.0. The Labute approximate surface area is 157 Å². The largest absolute Gasteiger partial charge is 0.508 e. The Hall–Kier alpha value is -2.37. The molecule has 1 N–H and O–H groups in total. The second-order valence-corrected chi connectivity index (χ2v) is 7.09. The van der Waals surface area contributed by atoms with Crippen molar-refractivity contribution in [2.75, 3.05) is 13.1 Å². The number of hydrogen-bond acceptors (Lipinski definition) is 5. The van der Waals surface area contributed by atoms with E-state index in [-0.39, 0.29) is 0 Å². The summed E-state index contributed by atoms with van der Waals surface area (Å²) in [6.45, 7) is 2.65. The molecule has 5 nitrogen and oxygen atoms in total. The molecule has 2 heterocycles. The van der Waals surface area contributed by atoms with Gasteiger partial charge >= 0.3 is 0 Å². The molecule has 134 valence electrons. The second kappa shape index (κ2) is 7.48. The van der Waals surface area contributed by atoms with Gasteiger partial charge < -0.3 is 9.52 Å². The number of hydrogen-bond donors (Lipinski definition) is 1. The maximum atomic E-state index is 9.42. The Balaban J connectivity index is 1.34. The lowest BCUT2D eigenvalue weighted by atomic mass is 9.89. The fourth-order valence-electron chi connectivity index (χ4n) is 3.39. The van der Waals surface area contributed by atoms with Gasteiger partial charge in [0.05, 0.1) is 6.54 Å². The molecule has 3 aromatic rings. The highest BCUT2D eigenvalue weighted by Crippen LogP contribution is 2.29. The number of nitrogens with zero attached hydrogens (tertiary/aromatic N) is 3. The van der Waals surface area contributed by atoms with Crippen LogP contribution >= 0.6 is 11.6 Å². The van der Waals surface area contributed by atoms with Crippen LogP contribution in [0.2, 0.25) is 5.02 Å². The summed E-state index contributed by atoms with van der Waals surface area (Å²) in [6.07, 6.45) is 2.17. The van der Waals surface area contributed by atoms with E-state index in [0.29, 0.717) is 35.0 Å². The first-order valence-corrected chi connectivity index (χ1v) is 9.15. The van der Waals surface area contributed by atoms with E-state index in [1.807, 2.05) is 36.4 Å². The van der Waals surface area contributed by atoms with Crippen LogP contribution in [0.4, 0.5) is 0 Å². The van der Waals surface area contributed by atoms with Crippen molar-refractivity contribution in [3.05, 3.63) is 65.0 Å². The fraction of sp³-hybridized carbons (Fsp3) is 0.300. The molecule has 1 fully saturated rings. The van der Waals surface area contributed by atoms with Crippen molar-refractivity contribution < 1.29 is 9.52 Å². The lowest BCUT2D eigenvalue weighted by Crippen LogP contribution is -2.32. The quantitative estimate of drug-likeness (QED) is 0.734. The average Bonchev–Trinajstić information content (AvgIpc) is 3.12. The van der Waals surface area contributed by atoms with E-state index < -0.39 is 0 Å². The molecule has 0 saturated carbocycles. The van der Waals surface area contributed by atoms with Gasteiger partial charge in [0, 0.05) is 10.6 Å². The predicted octanol–water partition coefficient (Wildman–Crippen LogP) is 4.48. The summed E-state index contributed by atoms with van der Waals surface area (Å²) in [4.78, 5) is 2.34. The molecule has 0 amide bonds. The van der Waals surface area contributed by atoms with Crippen LogP contribution in [-0.2, 0) is 6.54 Å². The van der Waals surface area contributed by atoms with Crippen molar-refractivity contribution in [2.24, 2.45) is 0 Å². The third kappa shape index (κ3) is 3.89. The standard InChI is InChI=1S/C20H20ClN3O2/c21-17-5-1-16(2-6-17)20-23-22-19(26-20)13-24-11-9-15(10-12-24)14-3-7-18(25)8-4-14/h1-8,15,25H,9-13H2. The lowest BCUT2D eigenvalue weighted by molar-refractivity contribution is 0.188. The van der Waals surface area contributed by atoms with Gasteiger partial charge in [0.1, 0.15) is 5.75 Å². The molecule has 1 aliphatic rings. The van der Waals surface area contributed by atoms with Gasteiger partial charge in [-0.25, -0.2) is 0 Å². The van der Waals surface area contributed by atoms with Crippen LogP contribution in [0.3, 0.4) is 0 Å². The van der Waals surface area contributed by atoms with Crippen LogP contribution in [0.1, 0.15) is 30.2 Å². The van der Waals surface area contributed by atoms with E-state index in [1.54, 1.807) is 12.1 Å². The van der Waals surface area contributed by atoms with Crippen molar-refractivity contribution in [2.45, 2.75) is 25.3 Å². The van der Waals surface area contributed by atoms with Gasteiger partial charge in [-0.1, -0.05) is 23.7 Å². The lowest BCUT2D eigenvalue weighted by Gasteiger charge is -2.31. The van der Waals surface area contributed by atoms with E-state index >= 15 is 0 Å². The summed E-state index contributed by atoms with van der Waals surface area (Å²) >= 11 is 5.91. The molecular formula is C20H20ClN3O2. The minimum atomic E-state index is 0.319. The van der Waals surface area contributed by atoms with Gasteiger partial charge in [0.25, 0.3) is 0 Å². The van der Waals surface area contributed by atoms with E-state index in [1.165, 1.54) is 5.56 Å². The number of aromatic nitrogens is 2. The van der Waals surface area contributed by atoms with Gasteiger partial charge in [-0.15, -0.1) is 10.2 Å². The number of likely N-dealkylation sites (tertiary alicyclic amines) is 1. The van der Waals surface area contributed by atoms with Crippen molar-refractivity contribution in [1.29, 1.82) is 0 Å². The molecule has 1 saturated heterocycles. The van der Waals surface area contributed by atoms with Crippen LogP contribution in [0, 0.1) is 0 Å². The van der Waals surface area contributed by atoms with Crippen LogP contribution < -0.4 is 0 Å². The minimum absolute atomic E-state index is 0.319. The summed E-state index contributed by atoms with van der Waals surface area (Å²) in [5.74, 6) is 2.02. The summed E-state index contributed by atoms with van der Waals surface area (Å²) in [5, 5.41) is 18.4. The molecule has 0 bridgehead atoms. The highest BCUT2D eigenvalue weighted by molar-refractivity contribution is 6.30. The Morgan fingerprint density at radius 2 is 1.69 bits per heavy atom. The van der Waals surface area contributed by atoms with Crippen LogP contribution in [0.25, 0.3) is 11.5 Å². The maximum Gasteiger partial charge on any atom is 0.247 e. The SMILES string of the molecule is Oc1ccc(C2CCN(Cc3nnc(-c4ccc(Cl)cc4)o3)CC2)cc1. The van der Waals surface area contributed by atoms with Crippen molar-refractivity contribution in [1.82, 2.24) is 15.1 Å². The number of benzene rings is 2. The van der Waals surface area contributed by atoms with E-state index in [4.69, 9.17) is 16.0 Å². The molecule has 0 radical (unpaired) electrons. The topological polar surface area (TPSA) is 62.4 Å². The zero-order valence-electron chi connectivity index (χ0n) is 14.3. The van der Waals surface area contributed by atoms with Crippen molar-refractivity contribution in [3.63, 3.8) is 0 Å². The molecule has 0 spiro atoms. The zero-order valence-corrected chi connectivity index (χ0v) is 15.1. The smallest absolute Gasteiger partial charge is 0.247 e. The average molecular weight is 370 g/mol. The van der Waals surface area contributed by atoms with Crippen LogP contribution in [-0.4, -0.2) is 33.3 Å². The number of rotatable bonds is 4. The Morgan fingerprint density at radius 3 is 2.38 bits per heavy atom. The molecule has 26 heavy (non-hydrogen) atoms. The Morgan fingerprint density at radius 1 is 1.00 bits per heavy atom. The first-order chi connectivity index (χ1) is 12.7. The van der Waals surface area contributed by atoms with Crippen LogP contribution in [0.5, 0.6) is 5.75 Å². The zero-order chi connectivity index (χ0) is 17.9. The van der Waals surface area contributed by atoms with E-state index in [0.717, 1.165) is 31.5 Å². The summed E-state index contributed by atoms with van der Waals surface area (Å²) in [7, 11) is 0. The van der Waals surface area contributed by atoms with E-state index in [9.17, 15) is 5.11 Å². The molecule has 6 heteroatoms. The van der Waals surface area contributed by atoms with Gasteiger partial charge in [0.2, 0.25) is 11.8 Å². The van der Waals surface area contributed by atoms with Crippen molar-refractivity contribution in [3.8, 4) is 17.2 Å². The molecule has 4 rings (SSSR count). The molecule has 1 aromatic heterocycles. The Kier molecular flexibility index (Phi) is 4.91. The maximum absolute atomic E-state index is 9.42. The highest BCUT2D eigenvalue weighted by atomic mass is 35.5. The molecule has 0 aliphatic carbocycles. The number of halogens is 1. The molecular weight excluding hydrogens is 350 g/mol.